The summed E-state index contributed by atoms with van der Waals surface area (Å²) in [6.07, 6.45) is 0. The summed E-state index contributed by atoms with van der Waals surface area (Å²) < 4.78 is 42.0. The van der Waals surface area contributed by atoms with Gasteiger partial charge in [-0.2, -0.15) is 8.78 Å². The van der Waals surface area contributed by atoms with Gasteiger partial charge < -0.3 is 10.1 Å². The van der Waals surface area contributed by atoms with Crippen molar-refractivity contribution in [3.63, 3.8) is 0 Å². The van der Waals surface area contributed by atoms with Crippen molar-refractivity contribution in [1.29, 1.82) is 0 Å². The Morgan fingerprint density at radius 1 is 1.23 bits per heavy atom. The zero-order valence-corrected chi connectivity index (χ0v) is 13.1. The van der Waals surface area contributed by atoms with Crippen LogP contribution in [0, 0.1) is 5.82 Å². The quantitative estimate of drug-likeness (QED) is 0.784. The van der Waals surface area contributed by atoms with Gasteiger partial charge in [0.1, 0.15) is 11.6 Å². The molecule has 0 aromatic heterocycles. The molecule has 2 aromatic rings. The number of amides is 1. The molecule has 1 amide bonds. The summed E-state index contributed by atoms with van der Waals surface area (Å²) in [6.45, 7) is -3.00. The first-order valence-electron chi connectivity index (χ1n) is 5.87. The molecule has 0 saturated heterocycles. The maximum Gasteiger partial charge on any atom is 0.387 e. The third kappa shape index (κ3) is 4.14. The molecule has 0 heterocycles. The molecular weight excluding hydrogens is 387 g/mol. The number of rotatable bonds is 4. The average Bonchev–Trinajstić information content (AvgIpc) is 2.44. The number of alkyl halides is 2. The van der Waals surface area contributed by atoms with Gasteiger partial charge in [-0.1, -0.05) is 11.6 Å². The number of hydrogen-bond donors (Lipinski definition) is 1. The Morgan fingerprint density at radius 2 is 1.95 bits per heavy atom. The van der Waals surface area contributed by atoms with E-state index in [9.17, 15) is 18.0 Å². The van der Waals surface area contributed by atoms with E-state index in [2.05, 4.69) is 26.0 Å². The Labute approximate surface area is 137 Å². The highest BCUT2D eigenvalue weighted by molar-refractivity contribution is 9.10. The van der Waals surface area contributed by atoms with Crippen molar-refractivity contribution < 1.29 is 22.7 Å². The fraction of sp³-hybridized carbons (Fsp3) is 0.0714. The van der Waals surface area contributed by atoms with E-state index in [1.54, 1.807) is 0 Å². The van der Waals surface area contributed by atoms with E-state index in [1.807, 2.05) is 0 Å². The fourth-order valence-electron chi connectivity index (χ4n) is 1.61. The standard InChI is InChI=1S/C14H8BrClF3NO2/c15-9-3-1-7(5-11(9)17)13(21)20-8-2-4-12(10(16)6-8)22-14(18)19/h1-6,14H,(H,20,21). The second-order valence-electron chi connectivity index (χ2n) is 4.11. The van der Waals surface area contributed by atoms with E-state index < -0.39 is 18.3 Å². The van der Waals surface area contributed by atoms with Gasteiger partial charge in [-0.05, 0) is 52.3 Å². The molecule has 0 unspecified atom stereocenters. The lowest BCUT2D eigenvalue weighted by atomic mass is 10.2. The molecule has 0 aliphatic rings. The molecule has 2 rings (SSSR count). The van der Waals surface area contributed by atoms with Gasteiger partial charge in [0.25, 0.3) is 5.91 Å². The number of nitrogens with one attached hydrogen (secondary N) is 1. The molecule has 0 radical (unpaired) electrons. The first-order chi connectivity index (χ1) is 10.4. The molecule has 0 aliphatic heterocycles. The van der Waals surface area contributed by atoms with Crippen LogP contribution in [0.25, 0.3) is 0 Å². The van der Waals surface area contributed by atoms with Crippen LogP contribution >= 0.6 is 27.5 Å². The zero-order chi connectivity index (χ0) is 16.3. The highest BCUT2D eigenvalue weighted by Crippen LogP contribution is 2.29. The summed E-state index contributed by atoms with van der Waals surface area (Å²) in [5, 5.41) is 2.39. The largest absolute Gasteiger partial charge is 0.433 e. The SMILES string of the molecule is O=C(Nc1ccc(OC(F)F)c(Cl)c1)c1ccc(Br)c(F)c1. The maximum atomic E-state index is 13.4. The molecule has 0 saturated carbocycles. The number of anilines is 1. The van der Waals surface area contributed by atoms with Crippen LogP contribution in [0.5, 0.6) is 5.75 Å². The van der Waals surface area contributed by atoms with E-state index in [4.69, 9.17) is 11.6 Å². The third-order valence-electron chi connectivity index (χ3n) is 2.59. The van der Waals surface area contributed by atoms with Crippen LogP contribution in [0.15, 0.2) is 40.9 Å². The molecule has 0 bridgehead atoms. The van der Waals surface area contributed by atoms with E-state index in [0.717, 1.165) is 6.07 Å². The number of ether oxygens (including phenoxy) is 1. The molecule has 116 valence electrons. The summed E-state index contributed by atoms with van der Waals surface area (Å²) in [4.78, 5) is 12.0. The molecule has 0 atom stereocenters. The van der Waals surface area contributed by atoms with Crippen molar-refractivity contribution in [2.24, 2.45) is 0 Å². The van der Waals surface area contributed by atoms with Crippen LogP contribution in [0.1, 0.15) is 10.4 Å². The summed E-state index contributed by atoms with van der Waals surface area (Å²) in [5.41, 5.74) is 0.365. The van der Waals surface area contributed by atoms with E-state index >= 15 is 0 Å². The van der Waals surface area contributed by atoms with Gasteiger partial charge in [-0.15, -0.1) is 0 Å². The molecule has 0 fully saturated rings. The van der Waals surface area contributed by atoms with Crippen molar-refractivity contribution in [1.82, 2.24) is 0 Å². The molecule has 0 spiro atoms. The number of carbonyl (C=O) groups excluding carboxylic acids is 1. The van der Waals surface area contributed by atoms with Crippen LogP contribution < -0.4 is 10.1 Å². The summed E-state index contributed by atoms with van der Waals surface area (Å²) in [6, 6.07) is 7.69. The Kier molecular flexibility index (Phi) is 5.31. The predicted octanol–water partition coefficient (Wildman–Crippen LogP) is 5.10. The average molecular weight is 395 g/mol. The lowest BCUT2D eigenvalue weighted by Crippen LogP contribution is -2.12. The lowest BCUT2D eigenvalue weighted by molar-refractivity contribution is -0.0497. The predicted molar refractivity (Wildman–Crippen MR) is 80.1 cm³/mol. The van der Waals surface area contributed by atoms with Crippen LogP contribution in [-0.2, 0) is 0 Å². The first-order valence-corrected chi connectivity index (χ1v) is 7.04. The summed E-state index contributed by atoms with van der Waals surface area (Å²) in [7, 11) is 0. The number of halogens is 5. The lowest BCUT2D eigenvalue weighted by Gasteiger charge is -2.10. The van der Waals surface area contributed by atoms with Crippen LogP contribution in [-0.4, -0.2) is 12.5 Å². The van der Waals surface area contributed by atoms with E-state index in [1.165, 1.54) is 30.3 Å². The Hall–Kier alpha value is -1.73. The first kappa shape index (κ1) is 16.6. The fourth-order valence-corrected chi connectivity index (χ4v) is 2.08. The number of carbonyl (C=O) groups is 1. The molecule has 1 N–H and O–H groups in total. The van der Waals surface area contributed by atoms with Gasteiger partial charge >= 0.3 is 6.61 Å². The van der Waals surface area contributed by atoms with Gasteiger partial charge in [-0.25, -0.2) is 4.39 Å². The molecule has 0 aliphatic carbocycles. The van der Waals surface area contributed by atoms with Crippen molar-refractivity contribution in [2.45, 2.75) is 6.61 Å². The van der Waals surface area contributed by atoms with Gasteiger partial charge in [-0.3, -0.25) is 4.79 Å². The van der Waals surface area contributed by atoms with Gasteiger partial charge in [0.2, 0.25) is 0 Å². The third-order valence-corrected chi connectivity index (χ3v) is 3.53. The van der Waals surface area contributed by atoms with Crippen LogP contribution in [0.2, 0.25) is 5.02 Å². The maximum absolute atomic E-state index is 13.4. The number of benzene rings is 2. The summed E-state index contributed by atoms with van der Waals surface area (Å²) >= 11 is 8.76. The van der Waals surface area contributed by atoms with Crippen LogP contribution in [0.3, 0.4) is 0 Å². The normalized spacial score (nSPS) is 10.6. The minimum absolute atomic E-state index is 0.0833. The molecule has 8 heteroatoms. The highest BCUT2D eigenvalue weighted by atomic mass is 79.9. The Bertz CT molecular complexity index is 712. The minimum atomic E-state index is -3.00. The van der Waals surface area contributed by atoms with E-state index in [0.29, 0.717) is 0 Å². The minimum Gasteiger partial charge on any atom is -0.433 e. The topological polar surface area (TPSA) is 38.3 Å². The molecule has 3 nitrogen and oxygen atoms in total. The Balaban J connectivity index is 2.14. The second kappa shape index (κ2) is 7.02. The van der Waals surface area contributed by atoms with Crippen molar-refractivity contribution >= 4 is 39.1 Å². The van der Waals surface area contributed by atoms with Crippen molar-refractivity contribution in [2.75, 3.05) is 5.32 Å². The highest BCUT2D eigenvalue weighted by Gasteiger charge is 2.12. The molecule has 22 heavy (non-hydrogen) atoms. The van der Waals surface area contributed by atoms with Gasteiger partial charge in [0.15, 0.2) is 0 Å². The van der Waals surface area contributed by atoms with Crippen molar-refractivity contribution in [3.8, 4) is 5.75 Å². The van der Waals surface area contributed by atoms with Crippen molar-refractivity contribution in [3.05, 3.63) is 57.3 Å². The zero-order valence-electron chi connectivity index (χ0n) is 10.7. The van der Waals surface area contributed by atoms with Crippen LogP contribution in [0.4, 0.5) is 18.9 Å². The molecular formula is C14H8BrClF3NO2. The summed E-state index contributed by atoms with van der Waals surface area (Å²) in [5.74, 6) is -1.35. The monoisotopic (exact) mass is 393 g/mol. The molecule has 2 aromatic carbocycles. The smallest absolute Gasteiger partial charge is 0.387 e. The van der Waals surface area contributed by atoms with E-state index in [-0.39, 0.29) is 26.5 Å². The number of hydrogen-bond acceptors (Lipinski definition) is 2. The van der Waals surface area contributed by atoms with Gasteiger partial charge in [0.05, 0.1) is 9.50 Å². The second-order valence-corrected chi connectivity index (χ2v) is 5.37. The Morgan fingerprint density at radius 3 is 2.55 bits per heavy atom. The van der Waals surface area contributed by atoms with Gasteiger partial charge in [0, 0.05) is 11.3 Å².